The molecule has 1 aromatic rings. The van der Waals surface area contributed by atoms with Crippen molar-refractivity contribution < 1.29 is 19.4 Å². The zero-order chi connectivity index (χ0) is 18.8. The van der Waals surface area contributed by atoms with E-state index in [1.807, 2.05) is 20.8 Å². The molecule has 1 saturated heterocycles. The van der Waals surface area contributed by atoms with E-state index in [1.54, 1.807) is 21.9 Å². The molecule has 1 amide bonds. The van der Waals surface area contributed by atoms with Gasteiger partial charge in [-0.25, -0.2) is 4.79 Å². The molecule has 1 aliphatic heterocycles. The number of piperazine rings is 1. The van der Waals surface area contributed by atoms with Gasteiger partial charge in [0.2, 0.25) is 0 Å². The number of aliphatic carboxylic acids is 1. The van der Waals surface area contributed by atoms with Crippen LogP contribution in [0, 0.1) is 0 Å². The Bertz CT molecular complexity index is 653. The van der Waals surface area contributed by atoms with Crippen LogP contribution < -0.4 is 0 Å². The molecular formula is C17H22Cl2N2O4. The lowest BCUT2D eigenvalue weighted by Gasteiger charge is -2.38. The van der Waals surface area contributed by atoms with Crippen molar-refractivity contribution in [3.63, 3.8) is 0 Å². The fraction of sp³-hybridized carbons (Fsp3) is 0.529. The lowest BCUT2D eigenvalue weighted by molar-refractivity contribution is -0.144. The van der Waals surface area contributed by atoms with Gasteiger partial charge in [-0.15, -0.1) is 0 Å². The standard InChI is InChI=1S/C17H22Cl2N2O4/c1-17(2,3)25-16(24)21-8-6-20(7-9-21)14(15(22)23)12-5-4-11(18)10-13(12)19/h4-5,10,14H,6-9H2,1-3H3,(H,22,23). The van der Waals surface area contributed by atoms with Crippen LogP contribution in [0.3, 0.4) is 0 Å². The molecule has 1 aliphatic rings. The molecule has 8 heteroatoms. The quantitative estimate of drug-likeness (QED) is 0.854. The Hall–Kier alpha value is -1.50. The van der Waals surface area contributed by atoms with Gasteiger partial charge in [-0.05, 0) is 38.5 Å². The first-order valence-electron chi connectivity index (χ1n) is 7.98. The van der Waals surface area contributed by atoms with Crippen molar-refractivity contribution in [1.29, 1.82) is 0 Å². The first-order chi connectivity index (χ1) is 11.6. The number of hydrogen-bond acceptors (Lipinski definition) is 4. The first kappa shape index (κ1) is 19.8. The minimum Gasteiger partial charge on any atom is -0.480 e. The van der Waals surface area contributed by atoms with Crippen LogP contribution in [0.4, 0.5) is 4.79 Å². The maximum Gasteiger partial charge on any atom is 0.410 e. The Morgan fingerprint density at radius 2 is 1.76 bits per heavy atom. The minimum atomic E-state index is -0.991. The maximum atomic E-state index is 12.1. The highest BCUT2D eigenvalue weighted by molar-refractivity contribution is 6.35. The number of carboxylic acids is 1. The van der Waals surface area contributed by atoms with E-state index in [0.29, 0.717) is 41.8 Å². The van der Waals surface area contributed by atoms with E-state index in [1.165, 1.54) is 6.07 Å². The molecule has 0 aromatic heterocycles. The van der Waals surface area contributed by atoms with Gasteiger partial charge in [-0.2, -0.15) is 0 Å². The second kappa shape index (κ2) is 7.81. The molecule has 25 heavy (non-hydrogen) atoms. The summed E-state index contributed by atoms with van der Waals surface area (Å²) in [4.78, 5) is 27.3. The molecule has 1 N–H and O–H groups in total. The number of carbonyl (C=O) groups excluding carboxylic acids is 1. The summed E-state index contributed by atoms with van der Waals surface area (Å²) in [6.07, 6.45) is -0.386. The van der Waals surface area contributed by atoms with Gasteiger partial charge in [-0.3, -0.25) is 9.69 Å². The molecule has 1 unspecified atom stereocenters. The molecule has 0 aliphatic carbocycles. The van der Waals surface area contributed by atoms with Gasteiger partial charge in [-0.1, -0.05) is 29.3 Å². The third kappa shape index (κ3) is 5.23. The summed E-state index contributed by atoms with van der Waals surface area (Å²) in [5, 5.41) is 10.4. The number of benzene rings is 1. The van der Waals surface area contributed by atoms with Gasteiger partial charge in [0.25, 0.3) is 0 Å². The number of halogens is 2. The zero-order valence-corrected chi connectivity index (χ0v) is 16.0. The van der Waals surface area contributed by atoms with Crippen molar-refractivity contribution in [3.05, 3.63) is 33.8 Å². The van der Waals surface area contributed by atoms with Crippen molar-refractivity contribution in [1.82, 2.24) is 9.80 Å². The molecule has 0 spiro atoms. The molecule has 1 fully saturated rings. The third-order valence-corrected chi connectivity index (χ3v) is 4.38. The molecule has 1 aromatic carbocycles. The second-order valence-corrected chi connectivity index (χ2v) is 7.75. The largest absolute Gasteiger partial charge is 0.480 e. The Morgan fingerprint density at radius 3 is 2.24 bits per heavy atom. The molecule has 6 nitrogen and oxygen atoms in total. The highest BCUT2D eigenvalue weighted by Crippen LogP contribution is 2.31. The number of carboxylic acid groups (broad SMARTS) is 1. The average molecular weight is 389 g/mol. The van der Waals surface area contributed by atoms with E-state index >= 15 is 0 Å². The van der Waals surface area contributed by atoms with Crippen molar-refractivity contribution >= 4 is 35.3 Å². The molecule has 1 heterocycles. The molecule has 2 rings (SSSR count). The van der Waals surface area contributed by atoms with E-state index in [0.717, 1.165) is 0 Å². The van der Waals surface area contributed by atoms with Crippen LogP contribution in [0.25, 0.3) is 0 Å². The van der Waals surface area contributed by atoms with Crippen LogP contribution in [0.5, 0.6) is 0 Å². The Balaban J connectivity index is 2.08. The number of rotatable bonds is 3. The summed E-state index contributed by atoms with van der Waals surface area (Å²) in [6.45, 7) is 7.04. The van der Waals surface area contributed by atoms with Gasteiger partial charge < -0.3 is 14.7 Å². The maximum absolute atomic E-state index is 12.1. The highest BCUT2D eigenvalue weighted by atomic mass is 35.5. The summed E-state index contributed by atoms with van der Waals surface area (Å²) < 4.78 is 5.35. The van der Waals surface area contributed by atoms with Gasteiger partial charge in [0.15, 0.2) is 0 Å². The van der Waals surface area contributed by atoms with Gasteiger partial charge in [0, 0.05) is 36.2 Å². The number of carbonyl (C=O) groups is 2. The summed E-state index contributed by atoms with van der Waals surface area (Å²) in [5.41, 5.74) is -0.0708. The van der Waals surface area contributed by atoms with Crippen LogP contribution in [0.15, 0.2) is 18.2 Å². The van der Waals surface area contributed by atoms with Crippen LogP contribution in [0.1, 0.15) is 32.4 Å². The van der Waals surface area contributed by atoms with E-state index in [4.69, 9.17) is 27.9 Å². The summed E-state index contributed by atoms with van der Waals surface area (Å²) in [5.74, 6) is -0.991. The average Bonchev–Trinajstić information content (AvgIpc) is 2.48. The van der Waals surface area contributed by atoms with Crippen molar-refractivity contribution in [2.75, 3.05) is 26.2 Å². The summed E-state index contributed by atoms with van der Waals surface area (Å²) >= 11 is 12.1. The van der Waals surface area contributed by atoms with Gasteiger partial charge >= 0.3 is 12.1 Å². The summed E-state index contributed by atoms with van der Waals surface area (Å²) in [7, 11) is 0. The van der Waals surface area contributed by atoms with Crippen LogP contribution in [-0.2, 0) is 9.53 Å². The van der Waals surface area contributed by atoms with Gasteiger partial charge in [0.1, 0.15) is 11.6 Å². The molecule has 0 radical (unpaired) electrons. The predicted octanol–water partition coefficient (Wildman–Crippen LogP) is 3.67. The Kier molecular flexibility index (Phi) is 6.19. The number of hydrogen-bond donors (Lipinski definition) is 1. The van der Waals surface area contributed by atoms with E-state index in [9.17, 15) is 14.7 Å². The topological polar surface area (TPSA) is 70.1 Å². The number of ether oxygens (including phenoxy) is 1. The smallest absolute Gasteiger partial charge is 0.410 e. The van der Waals surface area contributed by atoms with Crippen molar-refractivity contribution in [2.24, 2.45) is 0 Å². The molecule has 138 valence electrons. The fourth-order valence-corrected chi connectivity index (χ4v) is 3.21. The van der Waals surface area contributed by atoms with Crippen LogP contribution in [-0.4, -0.2) is 58.7 Å². The monoisotopic (exact) mass is 388 g/mol. The van der Waals surface area contributed by atoms with Crippen molar-refractivity contribution in [2.45, 2.75) is 32.4 Å². The molecule has 1 atom stereocenters. The van der Waals surface area contributed by atoms with E-state index < -0.39 is 17.6 Å². The second-order valence-electron chi connectivity index (χ2n) is 6.91. The molecular weight excluding hydrogens is 367 g/mol. The Labute approximate surface area is 157 Å². The number of nitrogens with zero attached hydrogens (tertiary/aromatic N) is 2. The lowest BCUT2D eigenvalue weighted by atomic mass is 10.0. The van der Waals surface area contributed by atoms with Crippen molar-refractivity contribution in [3.8, 4) is 0 Å². The van der Waals surface area contributed by atoms with E-state index in [2.05, 4.69) is 0 Å². The fourth-order valence-electron chi connectivity index (χ4n) is 2.70. The predicted molar refractivity (Wildman–Crippen MR) is 96.2 cm³/mol. The first-order valence-corrected chi connectivity index (χ1v) is 8.74. The SMILES string of the molecule is CC(C)(C)OC(=O)N1CCN(C(C(=O)O)c2ccc(Cl)cc2Cl)CC1. The minimum absolute atomic E-state index is 0.314. The van der Waals surface area contributed by atoms with Gasteiger partial charge in [0.05, 0.1) is 0 Å². The van der Waals surface area contributed by atoms with Crippen LogP contribution in [0.2, 0.25) is 10.0 Å². The molecule has 0 bridgehead atoms. The normalized spacial score (nSPS) is 17.2. The Morgan fingerprint density at radius 1 is 1.16 bits per heavy atom. The molecule has 0 saturated carbocycles. The number of amides is 1. The lowest BCUT2D eigenvalue weighted by Crippen LogP contribution is -2.52. The summed E-state index contributed by atoms with van der Waals surface area (Å²) in [6, 6.07) is 3.90. The third-order valence-electron chi connectivity index (χ3n) is 3.82. The highest BCUT2D eigenvalue weighted by Gasteiger charge is 2.33. The van der Waals surface area contributed by atoms with Crippen LogP contribution >= 0.6 is 23.2 Å². The van der Waals surface area contributed by atoms with E-state index in [-0.39, 0.29) is 6.09 Å². The zero-order valence-electron chi connectivity index (χ0n) is 14.5.